The maximum Gasteiger partial charge on any atom is 0.251 e. The van der Waals surface area contributed by atoms with Gasteiger partial charge in [-0.25, -0.2) is 0 Å². The van der Waals surface area contributed by atoms with E-state index in [0.717, 1.165) is 19.6 Å². The molecule has 1 fully saturated rings. The van der Waals surface area contributed by atoms with E-state index in [4.69, 9.17) is 0 Å². The highest BCUT2D eigenvalue weighted by molar-refractivity contribution is 5.88. The number of nitrogens with one attached hydrogen (secondary N) is 1. The third-order valence-corrected chi connectivity index (χ3v) is 2.58. The lowest BCUT2D eigenvalue weighted by atomic mass is 10.2. The molecule has 102 valence electrons. The number of amides is 1. The van der Waals surface area contributed by atoms with Gasteiger partial charge in [0.15, 0.2) is 0 Å². The van der Waals surface area contributed by atoms with Crippen molar-refractivity contribution in [3.63, 3.8) is 0 Å². The minimum atomic E-state index is -0.0862. The number of carbonyl (C=O) groups is 1. The van der Waals surface area contributed by atoms with Crippen molar-refractivity contribution in [1.29, 1.82) is 0 Å². The first-order valence-electron chi connectivity index (χ1n) is 6.35. The average Bonchev–Trinajstić information content (AvgIpc) is 2.43. The SMILES string of the molecule is C=C/C=C\N(C(=O)C=C)C1CCNCN1C.CC. The fourth-order valence-electron chi connectivity index (χ4n) is 1.74. The first-order valence-corrected chi connectivity index (χ1v) is 6.35. The van der Waals surface area contributed by atoms with E-state index in [-0.39, 0.29) is 12.1 Å². The molecule has 1 saturated heterocycles. The van der Waals surface area contributed by atoms with Crippen LogP contribution in [0.25, 0.3) is 0 Å². The van der Waals surface area contributed by atoms with Gasteiger partial charge in [-0.05, 0) is 32.2 Å². The van der Waals surface area contributed by atoms with Gasteiger partial charge in [-0.15, -0.1) is 0 Å². The summed E-state index contributed by atoms with van der Waals surface area (Å²) in [7, 11) is 1.99. The molecular formula is C14H25N3O. The van der Waals surface area contributed by atoms with Crippen molar-refractivity contribution in [3.05, 3.63) is 37.6 Å². The number of nitrogens with zero attached hydrogens (tertiary/aromatic N) is 2. The second kappa shape index (κ2) is 9.62. The summed E-state index contributed by atoms with van der Waals surface area (Å²) >= 11 is 0. The highest BCUT2D eigenvalue weighted by Gasteiger charge is 2.25. The van der Waals surface area contributed by atoms with Crippen LogP contribution in [0.3, 0.4) is 0 Å². The molecule has 4 heteroatoms. The molecule has 1 heterocycles. The maximum atomic E-state index is 11.7. The summed E-state index contributed by atoms with van der Waals surface area (Å²) in [5.41, 5.74) is 0. The van der Waals surface area contributed by atoms with E-state index in [9.17, 15) is 4.79 Å². The Labute approximate surface area is 111 Å². The molecule has 0 saturated carbocycles. The minimum absolute atomic E-state index is 0.0861. The van der Waals surface area contributed by atoms with Gasteiger partial charge in [0.05, 0.1) is 6.17 Å². The third kappa shape index (κ3) is 4.85. The lowest BCUT2D eigenvalue weighted by Crippen LogP contribution is -2.54. The largest absolute Gasteiger partial charge is 0.304 e. The molecule has 0 aromatic heterocycles. The second-order valence-corrected chi connectivity index (χ2v) is 3.71. The highest BCUT2D eigenvalue weighted by Crippen LogP contribution is 2.12. The summed E-state index contributed by atoms with van der Waals surface area (Å²) in [4.78, 5) is 15.5. The molecule has 0 radical (unpaired) electrons. The van der Waals surface area contributed by atoms with Crippen molar-refractivity contribution in [2.24, 2.45) is 0 Å². The quantitative estimate of drug-likeness (QED) is 0.612. The monoisotopic (exact) mass is 251 g/mol. The molecule has 1 amide bonds. The number of allylic oxidation sites excluding steroid dienone is 2. The fourth-order valence-corrected chi connectivity index (χ4v) is 1.74. The molecule has 1 aliphatic rings. The molecule has 0 spiro atoms. The number of carbonyl (C=O) groups excluding carboxylic acids is 1. The number of hydrogen-bond donors (Lipinski definition) is 1. The number of hydrogen-bond acceptors (Lipinski definition) is 3. The van der Waals surface area contributed by atoms with Gasteiger partial charge in [-0.1, -0.05) is 33.1 Å². The van der Waals surface area contributed by atoms with Gasteiger partial charge < -0.3 is 5.32 Å². The molecular weight excluding hydrogens is 226 g/mol. The zero-order valence-corrected chi connectivity index (χ0v) is 11.7. The summed E-state index contributed by atoms with van der Waals surface area (Å²) in [6.07, 6.45) is 7.49. The van der Waals surface area contributed by atoms with Crippen LogP contribution in [-0.4, -0.2) is 42.1 Å². The Hall–Kier alpha value is -1.39. The first-order chi connectivity index (χ1) is 8.70. The van der Waals surface area contributed by atoms with Gasteiger partial charge in [0, 0.05) is 12.9 Å². The highest BCUT2D eigenvalue weighted by atomic mass is 16.2. The Morgan fingerprint density at radius 3 is 2.61 bits per heavy atom. The van der Waals surface area contributed by atoms with Crippen LogP contribution in [0.15, 0.2) is 37.6 Å². The number of rotatable bonds is 4. The van der Waals surface area contributed by atoms with Crippen molar-refractivity contribution < 1.29 is 4.79 Å². The van der Waals surface area contributed by atoms with Crippen LogP contribution in [-0.2, 0) is 4.79 Å². The van der Waals surface area contributed by atoms with Crippen LogP contribution in [0.4, 0.5) is 0 Å². The summed E-state index contributed by atoms with van der Waals surface area (Å²) in [5, 5.41) is 3.25. The summed E-state index contributed by atoms with van der Waals surface area (Å²) in [5.74, 6) is -0.0862. The van der Waals surface area contributed by atoms with E-state index in [0.29, 0.717) is 0 Å². The van der Waals surface area contributed by atoms with Crippen molar-refractivity contribution in [1.82, 2.24) is 15.1 Å². The van der Waals surface area contributed by atoms with Gasteiger partial charge in [0.25, 0.3) is 5.91 Å². The van der Waals surface area contributed by atoms with E-state index < -0.39 is 0 Å². The van der Waals surface area contributed by atoms with Crippen LogP contribution >= 0.6 is 0 Å². The molecule has 4 nitrogen and oxygen atoms in total. The van der Waals surface area contributed by atoms with Gasteiger partial charge in [-0.3, -0.25) is 14.6 Å². The Balaban J connectivity index is 0.00000137. The normalized spacial score (nSPS) is 19.8. The van der Waals surface area contributed by atoms with Crippen molar-refractivity contribution in [2.75, 3.05) is 20.3 Å². The van der Waals surface area contributed by atoms with Crippen LogP contribution in [0.2, 0.25) is 0 Å². The van der Waals surface area contributed by atoms with Gasteiger partial charge in [0.1, 0.15) is 0 Å². The molecule has 1 unspecified atom stereocenters. The Morgan fingerprint density at radius 2 is 2.11 bits per heavy atom. The molecule has 0 bridgehead atoms. The van der Waals surface area contributed by atoms with Gasteiger partial charge >= 0.3 is 0 Å². The van der Waals surface area contributed by atoms with E-state index in [1.165, 1.54) is 6.08 Å². The zero-order chi connectivity index (χ0) is 14.0. The van der Waals surface area contributed by atoms with Crippen LogP contribution in [0.5, 0.6) is 0 Å². The molecule has 0 aromatic carbocycles. The van der Waals surface area contributed by atoms with Gasteiger partial charge in [0.2, 0.25) is 0 Å². The predicted molar refractivity (Wildman–Crippen MR) is 76.8 cm³/mol. The Kier molecular flexibility index (Phi) is 8.88. The molecule has 1 N–H and O–H groups in total. The van der Waals surface area contributed by atoms with Gasteiger partial charge in [-0.2, -0.15) is 0 Å². The van der Waals surface area contributed by atoms with Crippen LogP contribution < -0.4 is 5.32 Å². The molecule has 1 aliphatic heterocycles. The average molecular weight is 251 g/mol. The molecule has 0 aromatic rings. The minimum Gasteiger partial charge on any atom is -0.304 e. The second-order valence-electron chi connectivity index (χ2n) is 3.71. The smallest absolute Gasteiger partial charge is 0.251 e. The molecule has 1 rings (SSSR count). The van der Waals surface area contributed by atoms with E-state index in [1.54, 1.807) is 23.3 Å². The van der Waals surface area contributed by atoms with Crippen LogP contribution in [0, 0.1) is 0 Å². The van der Waals surface area contributed by atoms with E-state index in [1.807, 2.05) is 20.9 Å². The molecule has 0 aliphatic carbocycles. The summed E-state index contributed by atoms with van der Waals surface area (Å²) in [6, 6.07) is 0. The first kappa shape index (κ1) is 16.6. The zero-order valence-electron chi connectivity index (χ0n) is 11.7. The van der Waals surface area contributed by atoms with Crippen molar-refractivity contribution in [2.45, 2.75) is 26.4 Å². The Morgan fingerprint density at radius 1 is 1.44 bits per heavy atom. The summed E-state index contributed by atoms with van der Waals surface area (Å²) < 4.78 is 0. The predicted octanol–water partition coefficient (Wildman–Crippen LogP) is 1.94. The standard InChI is InChI=1S/C12H19N3O.C2H6/c1-4-6-9-15(12(16)5-2)11-7-8-13-10-14(11)3;1-2/h4-6,9,11,13H,1-2,7-8,10H2,3H3;1-2H3/b9-6-;. The topological polar surface area (TPSA) is 35.6 Å². The lowest BCUT2D eigenvalue weighted by Gasteiger charge is -2.38. The Bertz CT molecular complexity index is 299. The summed E-state index contributed by atoms with van der Waals surface area (Å²) in [6.45, 7) is 12.8. The third-order valence-electron chi connectivity index (χ3n) is 2.58. The van der Waals surface area contributed by atoms with E-state index >= 15 is 0 Å². The molecule has 1 atom stereocenters. The maximum absolute atomic E-state index is 11.7. The van der Waals surface area contributed by atoms with E-state index in [2.05, 4.69) is 23.4 Å². The van der Waals surface area contributed by atoms with Crippen LogP contribution in [0.1, 0.15) is 20.3 Å². The lowest BCUT2D eigenvalue weighted by molar-refractivity contribution is -0.129. The van der Waals surface area contributed by atoms with Crippen molar-refractivity contribution in [3.8, 4) is 0 Å². The molecule has 18 heavy (non-hydrogen) atoms. The van der Waals surface area contributed by atoms with Crippen molar-refractivity contribution >= 4 is 5.91 Å². The fraction of sp³-hybridized carbons (Fsp3) is 0.500.